The average Bonchev–Trinajstić information content (AvgIpc) is 2.75. The van der Waals surface area contributed by atoms with Gasteiger partial charge in [-0.3, -0.25) is 0 Å². The molecule has 14 heavy (non-hydrogen) atoms. The molecule has 4 nitrogen and oxygen atoms in total. The molecule has 0 aliphatic rings. The molecule has 74 valence electrons. The minimum Gasteiger partial charge on any atom is -0.318 e. The molecule has 2 rings (SSSR count). The molecule has 6 heteroatoms. The molecule has 1 atom stereocenters. The number of halogens is 1. The van der Waals surface area contributed by atoms with Crippen LogP contribution in [0.25, 0.3) is 0 Å². The van der Waals surface area contributed by atoms with Gasteiger partial charge in [-0.25, -0.2) is 4.68 Å². The molecule has 0 aromatic carbocycles. The standard InChI is InChI=1S/C8H9BrN4S/c1-13-7(8(9)11-12-13)6(10)5-3-2-4-14-5/h2-4,6H,10H2,1H3. The molecule has 0 amide bonds. The normalized spacial score (nSPS) is 13.1. The van der Waals surface area contributed by atoms with Gasteiger partial charge in [-0.1, -0.05) is 11.3 Å². The van der Waals surface area contributed by atoms with Crippen LogP contribution in [0.4, 0.5) is 0 Å². The van der Waals surface area contributed by atoms with Gasteiger partial charge >= 0.3 is 0 Å². The Kier molecular flexibility index (Phi) is 2.66. The highest BCUT2D eigenvalue weighted by Crippen LogP contribution is 2.27. The van der Waals surface area contributed by atoms with Gasteiger partial charge < -0.3 is 5.73 Å². The first kappa shape index (κ1) is 9.82. The van der Waals surface area contributed by atoms with Crippen LogP contribution in [0.2, 0.25) is 0 Å². The molecule has 0 spiro atoms. The maximum Gasteiger partial charge on any atom is 0.153 e. The fourth-order valence-electron chi connectivity index (χ4n) is 1.27. The van der Waals surface area contributed by atoms with Gasteiger partial charge in [0, 0.05) is 11.9 Å². The van der Waals surface area contributed by atoms with Gasteiger partial charge in [-0.05, 0) is 27.4 Å². The predicted molar refractivity (Wildman–Crippen MR) is 59.1 cm³/mol. The average molecular weight is 273 g/mol. The largest absolute Gasteiger partial charge is 0.318 e. The van der Waals surface area contributed by atoms with Crippen molar-refractivity contribution in [1.29, 1.82) is 0 Å². The third-order valence-electron chi connectivity index (χ3n) is 1.97. The van der Waals surface area contributed by atoms with E-state index in [0.29, 0.717) is 4.60 Å². The topological polar surface area (TPSA) is 56.7 Å². The van der Waals surface area contributed by atoms with Crippen LogP contribution in [0.3, 0.4) is 0 Å². The summed E-state index contributed by atoms with van der Waals surface area (Å²) in [5.41, 5.74) is 6.98. The molecule has 0 aliphatic heterocycles. The zero-order valence-electron chi connectivity index (χ0n) is 7.51. The Morgan fingerprint density at radius 1 is 1.64 bits per heavy atom. The molecule has 0 fully saturated rings. The smallest absolute Gasteiger partial charge is 0.153 e. The minimum atomic E-state index is -0.163. The highest BCUT2D eigenvalue weighted by Gasteiger charge is 2.18. The van der Waals surface area contributed by atoms with E-state index < -0.39 is 0 Å². The Hall–Kier alpha value is -0.720. The molecule has 2 aromatic rings. The maximum absolute atomic E-state index is 6.09. The van der Waals surface area contributed by atoms with Gasteiger partial charge in [0.05, 0.1) is 11.7 Å². The molecule has 2 heterocycles. The molecule has 2 N–H and O–H groups in total. The van der Waals surface area contributed by atoms with Crippen molar-refractivity contribution in [2.75, 3.05) is 0 Å². The lowest BCUT2D eigenvalue weighted by molar-refractivity contribution is 0.654. The summed E-state index contributed by atoms with van der Waals surface area (Å²) in [6.45, 7) is 0. The van der Waals surface area contributed by atoms with Crippen molar-refractivity contribution >= 4 is 27.3 Å². The summed E-state index contributed by atoms with van der Waals surface area (Å²) in [4.78, 5) is 1.11. The summed E-state index contributed by atoms with van der Waals surface area (Å²) in [5.74, 6) is 0. The van der Waals surface area contributed by atoms with Gasteiger partial charge in [0.15, 0.2) is 4.60 Å². The van der Waals surface area contributed by atoms with E-state index in [9.17, 15) is 0 Å². The van der Waals surface area contributed by atoms with Gasteiger partial charge in [0.1, 0.15) is 0 Å². The summed E-state index contributed by atoms with van der Waals surface area (Å²) in [6, 6.07) is 3.83. The first-order valence-electron chi connectivity index (χ1n) is 4.04. The summed E-state index contributed by atoms with van der Waals surface area (Å²) in [5, 5.41) is 9.80. The lowest BCUT2D eigenvalue weighted by Gasteiger charge is -2.09. The molecule has 0 saturated carbocycles. The quantitative estimate of drug-likeness (QED) is 0.905. The van der Waals surface area contributed by atoms with E-state index in [2.05, 4.69) is 26.2 Å². The van der Waals surface area contributed by atoms with Crippen molar-refractivity contribution in [3.05, 3.63) is 32.7 Å². The number of nitrogens with zero attached hydrogens (tertiary/aromatic N) is 3. The van der Waals surface area contributed by atoms with Gasteiger partial charge in [-0.15, -0.1) is 16.4 Å². The van der Waals surface area contributed by atoms with E-state index in [0.717, 1.165) is 10.6 Å². The van der Waals surface area contributed by atoms with Crippen molar-refractivity contribution < 1.29 is 0 Å². The van der Waals surface area contributed by atoms with Gasteiger partial charge in [-0.2, -0.15) is 0 Å². The van der Waals surface area contributed by atoms with Crippen LogP contribution in [0.15, 0.2) is 22.1 Å². The third kappa shape index (κ3) is 1.60. The fraction of sp³-hybridized carbons (Fsp3) is 0.250. The van der Waals surface area contributed by atoms with Crippen LogP contribution in [0, 0.1) is 0 Å². The second kappa shape index (κ2) is 3.80. The molecule has 1 unspecified atom stereocenters. The Morgan fingerprint density at radius 3 is 2.93 bits per heavy atom. The SMILES string of the molecule is Cn1nnc(Br)c1C(N)c1cccs1. The first-order valence-corrected chi connectivity index (χ1v) is 5.71. The zero-order chi connectivity index (χ0) is 10.1. The van der Waals surface area contributed by atoms with E-state index in [4.69, 9.17) is 5.73 Å². The molecule has 0 aliphatic carbocycles. The minimum absolute atomic E-state index is 0.163. The summed E-state index contributed by atoms with van der Waals surface area (Å²) in [7, 11) is 1.83. The Morgan fingerprint density at radius 2 is 2.43 bits per heavy atom. The summed E-state index contributed by atoms with van der Waals surface area (Å²) >= 11 is 4.97. The zero-order valence-corrected chi connectivity index (χ0v) is 9.92. The molecule has 2 aromatic heterocycles. The molecular weight excluding hydrogens is 264 g/mol. The van der Waals surface area contributed by atoms with E-state index in [1.54, 1.807) is 16.0 Å². The van der Waals surface area contributed by atoms with Crippen molar-refractivity contribution in [1.82, 2.24) is 15.0 Å². The van der Waals surface area contributed by atoms with Crippen molar-refractivity contribution in [3.63, 3.8) is 0 Å². The monoisotopic (exact) mass is 272 g/mol. The second-order valence-electron chi connectivity index (χ2n) is 2.88. The van der Waals surface area contributed by atoms with Crippen molar-refractivity contribution in [2.24, 2.45) is 12.8 Å². The molecule has 0 radical (unpaired) electrons. The third-order valence-corrected chi connectivity index (χ3v) is 3.49. The van der Waals surface area contributed by atoms with Gasteiger partial charge in [0.25, 0.3) is 0 Å². The maximum atomic E-state index is 6.09. The van der Waals surface area contributed by atoms with E-state index >= 15 is 0 Å². The highest BCUT2D eigenvalue weighted by atomic mass is 79.9. The van der Waals surface area contributed by atoms with Crippen molar-refractivity contribution in [3.8, 4) is 0 Å². The second-order valence-corrected chi connectivity index (χ2v) is 4.61. The molecule has 0 bridgehead atoms. The Bertz CT molecular complexity index is 403. The first-order chi connectivity index (χ1) is 6.70. The van der Waals surface area contributed by atoms with Crippen LogP contribution in [-0.2, 0) is 7.05 Å². The number of thiophene rings is 1. The highest BCUT2D eigenvalue weighted by molar-refractivity contribution is 9.10. The van der Waals surface area contributed by atoms with Crippen LogP contribution in [0.5, 0.6) is 0 Å². The number of nitrogens with two attached hydrogens (primary N) is 1. The molecular formula is C8H9BrN4S. The van der Waals surface area contributed by atoms with Crippen LogP contribution in [0.1, 0.15) is 16.6 Å². The predicted octanol–water partition coefficient (Wildman–Crippen LogP) is 1.69. The lowest BCUT2D eigenvalue weighted by atomic mass is 10.2. The Balaban J connectivity index is 2.41. The number of aryl methyl sites for hydroxylation is 1. The van der Waals surface area contributed by atoms with E-state index in [1.165, 1.54) is 0 Å². The lowest BCUT2D eigenvalue weighted by Crippen LogP contribution is -2.15. The number of aromatic nitrogens is 3. The van der Waals surface area contributed by atoms with Crippen LogP contribution >= 0.6 is 27.3 Å². The fourth-order valence-corrected chi connectivity index (χ4v) is 2.58. The summed E-state index contributed by atoms with van der Waals surface area (Å²) < 4.78 is 2.40. The summed E-state index contributed by atoms with van der Waals surface area (Å²) in [6.07, 6.45) is 0. The number of rotatable bonds is 2. The van der Waals surface area contributed by atoms with E-state index in [1.807, 2.05) is 24.6 Å². The molecule has 0 saturated heterocycles. The number of hydrogen-bond donors (Lipinski definition) is 1. The Labute approximate surface area is 93.9 Å². The van der Waals surface area contributed by atoms with E-state index in [-0.39, 0.29) is 6.04 Å². The van der Waals surface area contributed by atoms with Crippen LogP contribution in [-0.4, -0.2) is 15.0 Å². The van der Waals surface area contributed by atoms with Gasteiger partial charge in [0.2, 0.25) is 0 Å². The van der Waals surface area contributed by atoms with Crippen LogP contribution < -0.4 is 5.73 Å². The number of hydrogen-bond acceptors (Lipinski definition) is 4. The van der Waals surface area contributed by atoms with Crippen molar-refractivity contribution in [2.45, 2.75) is 6.04 Å².